The molecule has 32 heavy (non-hydrogen) atoms. The Morgan fingerprint density at radius 1 is 1.16 bits per heavy atom. The van der Waals surface area contributed by atoms with Crippen LogP contribution >= 0.6 is 11.3 Å². The predicted molar refractivity (Wildman–Crippen MR) is 122 cm³/mol. The van der Waals surface area contributed by atoms with Gasteiger partial charge in [0.2, 0.25) is 11.8 Å². The summed E-state index contributed by atoms with van der Waals surface area (Å²) in [5.74, 6) is 5.58. The standard InChI is InChI=1S/C24H30N2O5S/c1-16-2-7-18(8-3-16)23(28)26(15-21(27)25-10-12-31-13-11-25)20-14-19(9-6-17-4-5-17)32-22(20)24(29)30/h14,16-18H,2-5,7-8,10-13,15H2,1H3,(H,29,30). The molecule has 7 nitrogen and oxygen atoms in total. The Kier molecular flexibility index (Phi) is 7.17. The predicted octanol–water partition coefficient (Wildman–Crippen LogP) is 3.23. The Balaban J connectivity index is 1.63. The highest BCUT2D eigenvalue weighted by Crippen LogP contribution is 2.35. The zero-order chi connectivity index (χ0) is 22.7. The van der Waals surface area contributed by atoms with Gasteiger partial charge in [-0.3, -0.25) is 9.59 Å². The first-order valence-corrected chi connectivity index (χ1v) is 12.3. The van der Waals surface area contributed by atoms with Crippen molar-refractivity contribution in [1.29, 1.82) is 0 Å². The van der Waals surface area contributed by atoms with Gasteiger partial charge in [-0.25, -0.2) is 4.79 Å². The molecule has 1 aliphatic heterocycles. The number of hydrogen-bond acceptors (Lipinski definition) is 5. The smallest absolute Gasteiger partial charge is 0.348 e. The molecule has 0 bridgehead atoms. The van der Waals surface area contributed by atoms with Gasteiger partial charge < -0.3 is 19.6 Å². The van der Waals surface area contributed by atoms with Crippen molar-refractivity contribution in [3.05, 3.63) is 15.8 Å². The number of anilines is 1. The van der Waals surface area contributed by atoms with Crippen LogP contribution in [-0.2, 0) is 14.3 Å². The molecule has 4 rings (SSSR count). The molecule has 0 aromatic carbocycles. The van der Waals surface area contributed by atoms with Gasteiger partial charge >= 0.3 is 5.97 Å². The number of carboxylic acid groups (broad SMARTS) is 1. The van der Waals surface area contributed by atoms with E-state index < -0.39 is 5.97 Å². The van der Waals surface area contributed by atoms with Crippen molar-refractivity contribution in [3.63, 3.8) is 0 Å². The van der Waals surface area contributed by atoms with Crippen molar-refractivity contribution in [2.45, 2.75) is 45.4 Å². The number of morpholine rings is 1. The van der Waals surface area contributed by atoms with Crippen LogP contribution in [0.25, 0.3) is 0 Å². The lowest BCUT2D eigenvalue weighted by molar-refractivity contribution is -0.135. The van der Waals surface area contributed by atoms with E-state index in [0.717, 1.165) is 49.9 Å². The monoisotopic (exact) mass is 458 g/mol. The lowest BCUT2D eigenvalue weighted by Crippen LogP contribution is -2.48. The van der Waals surface area contributed by atoms with Crippen LogP contribution < -0.4 is 4.90 Å². The molecule has 1 saturated heterocycles. The largest absolute Gasteiger partial charge is 0.477 e. The number of aromatic carboxylic acids is 1. The average Bonchev–Trinajstić information content (AvgIpc) is 3.53. The maximum atomic E-state index is 13.6. The molecule has 3 fully saturated rings. The van der Waals surface area contributed by atoms with Gasteiger partial charge in [-0.1, -0.05) is 18.8 Å². The fraction of sp³-hybridized carbons (Fsp3) is 0.625. The van der Waals surface area contributed by atoms with Crippen molar-refractivity contribution < 1.29 is 24.2 Å². The summed E-state index contributed by atoms with van der Waals surface area (Å²) < 4.78 is 5.33. The third kappa shape index (κ3) is 5.51. The first-order chi connectivity index (χ1) is 15.4. The van der Waals surface area contributed by atoms with Gasteiger partial charge in [0.25, 0.3) is 0 Å². The second kappa shape index (κ2) is 10.1. The van der Waals surface area contributed by atoms with Gasteiger partial charge in [-0.2, -0.15) is 0 Å². The van der Waals surface area contributed by atoms with Crippen LogP contribution in [0.5, 0.6) is 0 Å². The maximum absolute atomic E-state index is 13.6. The Bertz CT molecular complexity index is 928. The SMILES string of the molecule is CC1CCC(C(=O)N(CC(=O)N2CCOCC2)c2cc(C#CC3CC3)sc2C(=O)O)CC1. The molecule has 1 N–H and O–H groups in total. The summed E-state index contributed by atoms with van der Waals surface area (Å²) in [5.41, 5.74) is 0.299. The lowest BCUT2D eigenvalue weighted by Gasteiger charge is -2.33. The number of nitrogens with zero attached hydrogens (tertiary/aromatic N) is 2. The van der Waals surface area contributed by atoms with Crippen LogP contribution in [0.4, 0.5) is 5.69 Å². The molecule has 1 aromatic heterocycles. The van der Waals surface area contributed by atoms with E-state index in [1.807, 2.05) is 0 Å². The van der Waals surface area contributed by atoms with Crippen molar-refractivity contribution >= 4 is 34.8 Å². The minimum Gasteiger partial charge on any atom is -0.477 e. The summed E-state index contributed by atoms with van der Waals surface area (Å²) in [7, 11) is 0. The summed E-state index contributed by atoms with van der Waals surface area (Å²) >= 11 is 1.08. The molecule has 2 heterocycles. The van der Waals surface area contributed by atoms with Crippen molar-refractivity contribution in [1.82, 2.24) is 4.90 Å². The summed E-state index contributed by atoms with van der Waals surface area (Å²) in [6, 6.07) is 1.68. The van der Waals surface area contributed by atoms with E-state index in [4.69, 9.17) is 4.74 Å². The molecule has 2 aliphatic carbocycles. The lowest BCUT2D eigenvalue weighted by atomic mass is 9.82. The molecule has 0 spiro atoms. The molecule has 8 heteroatoms. The molecule has 3 aliphatic rings. The number of carbonyl (C=O) groups is 3. The van der Waals surface area contributed by atoms with Crippen LogP contribution in [0, 0.1) is 29.6 Å². The number of carbonyl (C=O) groups excluding carboxylic acids is 2. The molecule has 2 amide bonds. The highest BCUT2D eigenvalue weighted by Gasteiger charge is 2.34. The molecule has 1 aromatic rings. The van der Waals surface area contributed by atoms with Crippen molar-refractivity contribution in [2.24, 2.45) is 17.8 Å². The number of rotatable bonds is 5. The minimum atomic E-state index is -1.10. The molecule has 2 saturated carbocycles. The highest BCUT2D eigenvalue weighted by atomic mass is 32.1. The summed E-state index contributed by atoms with van der Waals surface area (Å²) in [6.07, 6.45) is 5.63. The fourth-order valence-electron chi connectivity index (χ4n) is 4.25. The Labute approximate surface area is 192 Å². The van der Waals surface area contributed by atoms with Crippen LogP contribution in [0.2, 0.25) is 0 Å². The topological polar surface area (TPSA) is 87.2 Å². The quantitative estimate of drug-likeness (QED) is 0.685. The number of carboxylic acids is 1. The van der Waals surface area contributed by atoms with E-state index in [2.05, 4.69) is 18.8 Å². The number of thiophene rings is 1. The first-order valence-electron chi connectivity index (χ1n) is 11.5. The van der Waals surface area contributed by atoms with E-state index in [-0.39, 0.29) is 29.2 Å². The third-order valence-electron chi connectivity index (χ3n) is 6.46. The van der Waals surface area contributed by atoms with Gasteiger partial charge in [0, 0.05) is 24.9 Å². The Hall–Kier alpha value is -2.37. The van der Waals surface area contributed by atoms with E-state index >= 15 is 0 Å². The van der Waals surface area contributed by atoms with Gasteiger partial charge in [0.15, 0.2) is 0 Å². The third-order valence-corrected chi connectivity index (χ3v) is 7.49. The molecule has 0 unspecified atom stereocenters. The molecular weight excluding hydrogens is 428 g/mol. The Morgan fingerprint density at radius 3 is 2.47 bits per heavy atom. The highest BCUT2D eigenvalue weighted by molar-refractivity contribution is 7.15. The van der Waals surface area contributed by atoms with Crippen LogP contribution in [0.3, 0.4) is 0 Å². The average molecular weight is 459 g/mol. The second-order valence-electron chi connectivity index (χ2n) is 9.05. The molecule has 0 radical (unpaired) electrons. The van der Waals surface area contributed by atoms with E-state index in [1.165, 1.54) is 4.90 Å². The number of amides is 2. The second-order valence-corrected chi connectivity index (χ2v) is 10.1. The first kappa shape index (κ1) is 22.8. The summed E-state index contributed by atoms with van der Waals surface area (Å²) in [6.45, 7) is 3.94. The van der Waals surface area contributed by atoms with Gasteiger partial charge in [-0.15, -0.1) is 11.3 Å². The summed E-state index contributed by atoms with van der Waals surface area (Å²) in [4.78, 5) is 42.5. The number of ether oxygens (including phenoxy) is 1. The zero-order valence-corrected chi connectivity index (χ0v) is 19.3. The van der Waals surface area contributed by atoms with E-state index in [0.29, 0.717) is 48.7 Å². The number of hydrogen-bond donors (Lipinski definition) is 1. The Morgan fingerprint density at radius 2 is 1.84 bits per heavy atom. The minimum absolute atomic E-state index is 0.0670. The van der Waals surface area contributed by atoms with Gasteiger partial charge in [0.05, 0.1) is 23.8 Å². The van der Waals surface area contributed by atoms with Gasteiger partial charge in [0.1, 0.15) is 11.4 Å². The van der Waals surface area contributed by atoms with Crippen LogP contribution in [0.15, 0.2) is 6.07 Å². The van der Waals surface area contributed by atoms with E-state index in [1.54, 1.807) is 11.0 Å². The maximum Gasteiger partial charge on any atom is 0.348 e. The fourth-order valence-corrected chi connectivity index (χ4v) is 5.12. The normalized spacial score (nSPS) is 23.2. The summed E-state index contributed by atoms with van der Waals surface area (Å²) in [5, 5.41) is 9.84. The zero-order valence-electron chi connectivity index (χ0n) is 18.5. The van der Waals surface area contributed by atoms with Crippen LogP contribution in [0.1, 0.15) is 60.0 Å². The van der Waals surface area contributed by atoms with Gasteiger partial charge in [-0.05, 0) is 50.5 Å². The van der Waals surface area contributed by atoms with Crippen molar-refractivity contribution in [2.75, 3.05) is 37.7 Å². The van der Waals surface area contributed by atoms with Crippen LogP contribution in [-0.4, -0.2) is 60.6 Å². The molecule has 0 atom stereocenters. The molecule has 172 valence electrons. The molecular formula is C24H30N2O5S. The van der Waals surface area contributed by atoms with E-state index in [9.17, 15) is 19.5 Å². The van der Waals surface area contributed by atoms with Crippen molar-refractivity contribution in [3.8, 4) is 11.8 Å².